The van der Waals surface area contributed by atoms with Crippen LogP contribution in [0.4, 0.5) is 0 Å². The highest BCUT2D eigenvalue weighted by Crippen LogP contribution is 2.44. The SMILES string of the molecule is CC1C(N)CCC(CN(C)Cc2ccccc2Cl)C1(C)C. The lowest BCUT2D eigenvalue weighted by Gasteiger charge is -2.48. The summed E-state index contributed by atoms with van der Waals surface area (Å²) in [6, 6.07) is 8.48. The van der Waals surface area contributed by atoms with Crippen molar-refractivity contribution in [3.8, 4) is 0 Å². The van der Waals surface area contributed by atoms with Crippen LogP contribution < -0.4 is 5.73 Å². The second kappa shape index (κ2) is 6.68. The van der Waals surface area contributed by atoms with Crippen LogP contribution in [0, 0.1) is 17.3 Å². The van der Waals surface area contributed by atoms with Crippen LogP contribution in [0.15, 0.2) is 24.3 Å². The number of hydrogen-bond acceptors (Lipinski definition) is 2. The minimum Gasteiger partial charge on any atom is -0.327 e. The van der Waals surface area contributed by atoms with E-state index in [2.05, 4.69) is 44.9 Å². The number of benzene rings is 1. The third-order valence-corrected chi connectivity index (χ3v) is 6.02. The van der Waals surface area contributed by atoms with E-state index in [9.17, 15) is 0 Å². The summed E-state index contributed by atoms with van der Waals surface area (Å²) in [5.41, 5.74) is 7.77. The molecule has 0 saturated heterocycles. The van der Waals surface area contributed by atoms with E-state index in [1.165, 1.54) is 12.0 Å². The maximum Gasteiger partial charge on any atom is 0.0451 e. The molecule has 1 aromatic carbocycles. The van der Waals surface area contributed by atoms with E-state index in [0.29, 0.717) is 23.3 Å². The minimum atomic E-state index is 0.298. The summed E-state index contributed by atoms with van der Waals surface area (Å²) in [4.78, 5) is 2.40. The lowest BCUT2D eigenvalue weighted by Crippen LogP contribution is -2.49. The molecule has 0 amide bonds. The molecule has 0 bridgehead atoms. The molecule has 0 aromatic heterocycles. The summed E-state index contributed by atoms with van der Waals surface area (Å²) in [6.45, 7) is 9.09. The first-order valence-electron chi connectivity index (χ1n) is 8.00. The third-order valence-electron chi connectivity index (χ3n) is 5.65. The predicted octanol–water partition coefficient (Wildman–Crippen LogP) is 4.17. The van der Waals surface area contributed by atoms with Gasteiger partial charge in [0.25, 0.3) is 0 Å². The van der Waals surface area contributed by atoms with Crippen molar-refractivity contribution in [2.75, 3.05) is 13.6 Å². The highest BCUT2D eigenvalue weighted by atomic mass is 35.5. The molecule has 1 saturated carbocycles. The van der Waals surface area contributed by atoms with Crippen LogP contribution in [0.1, 0.15) is 39.2 Å². The molecule has 0 heterocycles. The van der Waals surface area contributed by atoms with E-state index in [-0.39, 0.29) is 0 Å². The van der Waals surface area contributed by atoms with Gasteiger partial charge in [-0.3, -0.25) is 0 Å². The van der Waals surface area contributed by atoms with E-state index in [1.807, 2.05) is 12.1 Å². The molecular formula is C18H29ClN2. The molecule has 0 aliphatic heterocycles. The Morgan fingerprint density at radius 3 is 2.62 bits per heavy atom. The van der Waals surface area contributed by atoms with Gasteiger partial charge in [0, 0.05) is 24.2 Å². The Kier molecular flexibility index (Phi) is 5.34. The fraction of sp³-hybridized carbons (Fsp3) is 0.667. The van der Waals surface area contributed by atoms with E-state index in [0.717, 1.165) is 24.5 Å². The molecule has 3 atom stereocenters. The number of nitrogens with two attached hydrogens (primary N) is 1. The molecule has 0 radical (unpaired) electrons. The van der Waals surface area contributed by atoms with Crippen molar-refractivity contribution in [3.63, 3.8) is 0 Å². The predicted molar refractivity (Wildman–Crippen MR) is 91.4 cm³/mol. The number of halogens is 1. The maximum absolute atomic E-state index is 6.27. The van der Waals surface area contributed by atoms with Crippen LogP contribution in [0.5, 0.6) is 0 Å². The van der Waals surface area contributed by atoms with Gasteiger partial charge in [-0.15, -0.1) is 0 Å². The van der Waals surface area contributed by atoms with Crippen molar-refractivity contribution in [2.24, 2.45) is 23.0 Å². The summed E-state index contributed by atoms with van der Waals surface area (Å²) in [5.74, 6) is 1.27. The summed E-state index contributed by atoms with van der Waals surface area (Å²) in [7, 11) is 2.19. The third kappa shape index (κ3) is 3.80. The Labute approximate surface area is 134 Å². The van der Waals surface area contributed by atoms with Crippen molar-refractivity contribution in [1.29, 1.82) is 0 Å². The number of hydrogen-bond donors (Lipinski definition) is 1. The van der Waals surface area contributed by atoms with Crippen molar-refractivity contribution in [1.82, 2.24) is 4.90 Å². The van der Waals surface area contributed by atoms with Gasteiger partial charge in [0.1, 0.15) is 0 Å². The first-order chi connectivity index (χ1) is 9.82. The summed E-state index contributed by atoms with van der Waals surface area (Å²) in [5, 5.41) is 0.864. The largest absolute Gasteiger partial charge is 0.327 e. The number of rotatable bonds is 4. The van der Waals surface area contributed by atoms with Gasteiger partial charge in [0.05, 0.1) is 0 Å². The van der Waals surface area contributed by atoms with Gasteiger partial charge < -0.3 is 10.6 Å². The molecular weight excluding hydrogens is 280 g/mol. The van der Waals surface area contributed by atoms with Crippen molar-refractivity contribution in [2.45, 2.75) is 46.2 Å². The molecule has 1 aromatic rings. The van der Waals surface area contributed by atoms with Crippen LogP contribution in [0.2, 0.25) is 5.02 Å². The highest BCUT2D eigenvalue weighted by Gasteiger charge is 2.41. The Balaban J connectivity index is 1.99. The van der Waals surface area contributed by atoms with Crippen molar-refractivity contribution in [3.05, 3.63) is 34.9 Å². The zero-order valence-corrected chi connectivity index (χ0v) is 14.5. The van der Waals surface area contributed by atoms with Gasteiger partial charge in [-0.25, -0.2) is 0 Å². The molecule has 1 aliphatic rings. The van der Waals surface area contributed by atoms with Gasteiger partial charge in [-0.05, 0) is 48.8 Å². The average Bonchev–Trinajstić information content (AvgIpc) is 2.43. The zero-order valence-electron chi connectivity index (χ0n) is 13.8. The molecule has 1 aliphatic carbocycles. The summed E-state index contributed by atoms with van der Waals surface area (Å²) in [6.07, 6.45) is 2.38. The fourth-order valence-electron chi connectivity index (χ4n) is 3.62. The molecule has 3 heteroatoms. The van der Waals surface area contributed by atoms with Crippen molar-refractivity contribution >= 4 is 11.6 Å². The Morgan fingerprint density at radius 2 is 1.95 bits per heavy atom. The molecule has 118 valence electrons. The van der Waals surface area contributed by atoms with E-state index in [1.54, 1.807) is 0 Å². The minimum absolute atomic E-state index is 0.298. The van der Waals surface area contributed by atoms with Gasteiger partial charge in [-0.2, -0.15) is 0 Å². The maximum atomic E-state index is 6.27. The van der Waals surface area contributed by atoms with Crippen LogP contribution in [-0.4, -0.2) is 24.5 Å². The normalized spacial score (nSPS) is 28.8. The summed E-state index contributed by atoms with van der Waals surface area (Å²) < 4.78 is 0. The van der Waals surface area contributed by atoms with Crippen LogP contribution in [0.25, 0.3) is 0 Å². The van der Waals surface area contributed by atoms with Gasteiger partial charge in [0.2, 0.25) is 0 Å². The monoisotopic (exact) mass is 308 g/mol. The quantitative estimate of drug-likeness (QED) is 0.904. The molecule has 2 nitrogen and oxygen atoms in total. The lowest BCUT2D eigenvalue weighted by molar-refractivity contribution is 0.0324. The van der Waals surface area contributed by atoms with E-state index >= 15 is 0 Å². The topological polar surface area (TPSA) is 29.3 Å². The molecule has 2 rings (SSSR count). The molecule has 2 N–H and O–H groups in total. The first-order valence-corrected chi connectivity index (χ1v) is 8.37. The van der Waals surface area contributed by atoms with Gasteiger partial charge >= 0.3 is 0 Å². The van der Waals surface area contributed by atoms with Crippen LogP contribution >= 0.6 is 11.6 Å². The Hall–Kier alpha value is -0.570. The molecule has 3 unspecified atom stereocenters. The van der Waals surface area contributed by atoms with E-state index in [4.69, 9.17) is 17.3 Å². The Bertz CT molecular complexity index is 472. The van der Waals surface area contributed by atoms with Crippen LogP contribution in [-0.2, 0) is 6.54 Å². The Morgan fingerprint density at radius 1 is 1.29 bits per heavy atom. The van der Waals surface area contributed by atoms with Gasteiger partial charge in [0.15, 0.2) is 0 Å². The average molecular weight is 309 g/mol. The first kappa shape index (κ1) is 16.8. The second-order valence-corrected chi connectivity index (χ2v) is 7.74. The smallest absolute Gasteiger partial charge is 0.0451 e. The van der Waals surface area contributed by atoms with Crippen LogP contribution in [0.3, 0.4) is 0 Å². The lowest BCUT2D eigenvalue weighted by atomic mass is 9.61. The van der Waals surface area contributed by atoms with E-state index < -0.39 is 0 Å². The standard InChI is InChI=1S/C18H29ClN2/c1-13-17(20)10-9-15(18(13,2)3)12-21(4)11-14-7-5-6-8-16(14)19/h5-8,13,15,17H,9-12,20H2,1-4H3. The molecule has 0 spiro atoms. The second-order valence-electron chi connectivity index (χ2n) is 7.34. The molecule has 21 heavy (non-hydrogen) atoms. The van der Waals surface area contributed by atoms with Crippen molar-refractivity contribution < 1.29 is 0 Å². The highest BCUT2D eigenvalue weighted by molar-refractivity contribution is 6.31. The fourth-order valence-corrected chi connectivity index (χ4v) is 3.82. The van der Waals surface area contributed by atoms with Gasteiger partial charge in [-0.1, -0.05) is 50.6 Å². The number of nitrogens with zero attached hydrogens (tertiary/aromatic N) is 1. The zero-order chi connectivity index (χ0) is 15.6. The molecule has 1 fully saturated rings. The summed E-state index contributed by atoms with van der Waals surface area (Å²) >= 11 is 6.27.